The standard InChI is InChI=1S/C10H15N5S2/c1-4-7-12-10(17-14-7)16-9-8(11)6(3)13-15(9)5-2/h4-5,11H2,1-3H3. The van der Waals surface area contributed by atoms with Gasteiger partial charge in [0, 0.05) is 13.0 Å². The fraction of sp³-hybridized carbons (Fsp3) is 0.500. The molecule has 0 aliphatic rings. The van der Waals surface area contributed by atoms with E-state index in [0.29, 0.717) is 0 Å². The van der Waals surface area contributed by atoms with Crippen molar-refractivity contribution in [2.24, 2.45) is 0 Å². The lowest BCUT2D eigenvalue weighted by atomic mass is 10.4. The van der Waals surface area contributed by atoms with Crippen LogP contribution in [0.4, 0.5) is 5.69 Å². The fourth-order valence-corrected chi connectivity index (χ4v) is 3.25. The van der Waals surface area contributed by atoms with E-state index < -0.39 is 0 Å². The maximum atomic E-state index is 6.02. The molecule has 2 aromatic heterocycles. The van der Waals surface area contributed by atoms with E-state index in [0.717, 1.165) is 39.5 Å². The summed E-state index contributed by atoms with van der Waals surface area (Å²) in [6, 6.07) is 0. The van der Waals surface area contributed by atoms with Gasteiger partial charge < -0.3 is 5.73 Å². The van der Waals surface area contributed by atoms with Gasteiger partial charge in [0.15, 0.2) is 4.34 Å². The van der Waals surface area contributed by atoms with Gasteiger partial charge in [-0.3, -0.25) is 4.68 Å². The van der Waals surface area contributed by atoms with Crippen LogP contribution in [0, 0.1) is 6.92 Å². The first-order valence-electron chi connectivity index (χ1n) is 5.49. The van der Waals surface area contributed by atoms with Crippen molar-refractivity contribution in [3.05, 3.63) is 11.5 Å². The van der Waals surface area contributed by atoms with E-state index in [-0.39, 0.29) is 0 Å². The van der Waals surface area contributed by atoms with Crippen molar-refractivity contribution in [2.75, 3.05) is 5.73 Å². The highest BCUT2D eigenvalue weighted by atomic mass is 32.2. The van der Waals surface area contributed by atoms with Gasteiger partial charge in [0.2, 0.25) is 0 Å². The van der Waals surface area contributed by atoms with Crippen molar-refractivity contribution >= 4 is 29.0 Å². The van der Waals surface area contributed by atoms with Crippen LogP contribution in [0.1, 0.15) is 25.4 Å². The van der Waals surface area contributed by atoms with Crippen LogP contribution < -0.4 is 5.73 Å². The molecule has 0 fully saturated rings. The second-order valence-electron chi connectivity index (χ2n) is 3.55. The van der Waals surface area contributed by atoms with E-state index in [1.165, 1.54) is 11.5 Å². The Balaban J connectivity index is 2.28. The van der Waals surface area contributed by atoms with Crippen LogP contribution in [0.2, 0.25) is 0 Å². The number of aryl methyl sites for hydroxylation is 3. The Morgan fingerprint density at radius 1 is 1.41 bits per heavy atom. The van der Waals surface area contributed by atoms with E-state index in [4.69, 9.17) is 5.73 Å². The second-order valence-corrected chi connectivity index (χ2v) is 5.54. The van der Waals surface area contributed by atoms with Gasteiger partial charge in [-0.05, 0) is 37.1 Å². The zero-order valence-corrected chi connectivity index (χ0v) is 11.7. The summed E-state index contributed by atoms with van der Waals surface area (Å²) in [7, 11) is 0. The molecular formula is C10H15N5S2. The van der Waals surface area contributed by atoms with E-state index in [1.807, 2.05) is 25.5 Å². The predicted molar refractivity (Wildman–Crippen MR) is 70.5 cm³/mol. The molecule has 0 bridgehead atoms. The number of aromatic nitrogens is 4. The first-order chi connectivity index (χ1) is 8.15. The summed E-state index contributed by atoms with van der Waals surface area (Å²) in [4.78, 5) is 4.42. The van der Waals surface area contributed by atoms with Crippen molar-refractivity contribution in [2.45, 2.75) is 43.1 Å². The highest BCUT2D eigenvalue weighted by Crippen LogP contribution is 2.34. The Bertz CT molecular complexity index is 517. The third-order valence-electron chi connectivity index (χ3n) is 2.37. The first-order valence-corrected chi connectivity index (χ1v) is 7.08. The average Bonchev–Trinajstić information content (AvgIpc) is 2.89. The molecule has 17 heavy (non-hydrogen) atoms. The number of hydrogen-bond acceptors (Lipinski definition) is 6. The molecule has 0 aliphatic carbocycles. The molecular weight excluding hydrogens is 254 g/mol. The van der Waals surface area contributed by atoms with Crippen molar-refractivity contribution in [1.82, 2.24) is 19.1 Å². The maximum absolute atomic E-state index is 6.02. The molecule has 0 atom stereocenters. The zero-order chi connectivity index (χ0) is 12.4. The minimum Gasteiger partial charge on any atom is -0.395 e. The van der Waals surface area contributed by atoms with Gasteiger partial charge in [-0.2, -0.15) is 9.47 Å². The molecule has 92 valence electrons. The Morgan fingerprint density at radius 2 is 2.18 bits per heavy atom. The normalized spacial score (nSPS) is 11.0. The molecule has 2 rings (SSSR count). The van der Waals surface area contributed by atoms with Crippen LogP contribution in [0.5, 0.6) is 0 Å². The van der Waals surface area contributed by atoms with E-state index >= 15 is 0 Å². The van der Waals surface area contributed by atoms with Crippen LogP contribution in [0.25, 0.3) is 0 Å². The number of anilines is 1. The van der Waals surface area contributed by atoms with Crippen molar-refractivity contribution in [3.63, 3.8) is 0 Å². The molecule has 5 nitrogen and oxygen atoms in total. The van der Waals surface area contributed by atoms with Gasteiger partial charge >= 0.3 is 0 Å². The third-order valence-corrected chi connectivity index (χ3v) is 4.29. The molecule has 7 heteroatoms. The van der Waals surface area contributed by atoms with Gasteiger partial charge in [0.25, 0.3) is 0 Å². The number of nitrogens with zero attached hydrogens (tertiary/aromatic N) is 4. The van der Waals surface area contributed by atoms with Crippen LogP contribution in [0.3, 0.4) is 0 Å². The molecule has 0 amide bonds. The van der Waals surface area contributed by atoms with Crippen molar-refractivity contribution in [3.8, 4) is 0 Å². The molecule has 0 aliphatic heterocycles. The molecule has 0 saturated carbocycles. The predicted octanol–water partition coefficient (Wildman–Crippen LogP) is 2.36. The molecule has 0 spiro atoms. The Morgan fingerprint density at radius 3 is 2.76 bits per heavy atom. The highest BCUT2D eigenvalue weighted by molar-refractivity contribution is 8.01. The topological polar surface area (TPSA) is 69.6 Å². The number of rotatable bonds is 4. The Kier molecular flexibility index (Phi) is 3.68. The van der Waals surface area contributed by atoms with E-state index in [1.54, 1.807) is 11.8 Å². The van der Waals surface area contributed by atoms with Gasteiger partial charge in [0.05, 0.1) is 11.4 Å². The third kappa shape index (κ3) is 2.44. The fourth-order valence-electron chi connectivity index (χ4n) is 1.40. The number of hydrogen-bond donors (Lipinski definition) is 1. The summed E-state index contributed by atoms with van der Waals surface area (Å²) < 4.78 is 7.09. The monoisotopic (exact) mass is 269 g/mol. The lowest BCUT2D eigenvalue weighted by molar-refractivity contribution is 0.602. The van der Waals surface area contributed by atoms with Gasteiger partial charge in [-0.15, -0.1) is 0 Å². The molecule has 2 aromatic rings. The summed E-state index contributed by atoms with van der Waals surface area (Å²) in [5.41, 5.74) is 7.63. The van der Waals surface area contributed by atoms with E-state index in [9.17, 15) is 0 Å². The van der Waals surface area contributed by atoms with Crippen molar-refractivity contribution in [1.29, 1.82) is 0 Å². The number of nitrogen functional groups attached to an aromatic ring is 1. The summed E-state index contributed by atoms with van der Waals surface area (Å²) >= 11 is 2.95. The molecule has 2 N–H and O–H groups in total. The summed E-state index contributed by atoms with van der Waals surface area (Å²) in [6.07, 6.45) is 0.860. The lowest BCUT2D eigenvalue weighted by Gasteiger charge is -2.02. The van der Waals surface area contributed by atoms with Crippen LogP contribution in [0.15, 0.2) is 9.37 Å². The molecule has 0 unspecified atom stereocenters. The SMILES string of the molecule is CCc1nsc(Sc2c(N)c(C)nn2CC)n1. The minimum absolute atomic E-state index is 0.741. The minimum atomic E-state index is 0.741. The summed E-state index contributed by atoms with van der Waals surface area (Å²) in [6.45, 7) is 6.82. The highest BCUT2D eigenvalue weighted by Gasteiger charge is 2.15. The summed E-state index contributed by atoms with van der Waals surface area (Å²) in [5, 5.41) is 5.34. The number of nitrogens with two attached hydrogens (primary N) is 1. The summed E-state index contributed by atoms with van der Waals surface area (Å²) in [5.74, 6) is 0.885. The van der Waals surface area contributed by atoms with Crippen LogP contribution >= 0.6 is 23.3 Å². The Labute approximate surface area is 109 Å². The largest absolute Gasteiger partial charge is 0.395 e. The average molecular weight is 269 g/mol. The quantitative estimate of drug-likeness (QED) is 0.922. The second kappa shape index (κ2) is 5.05. The van der Waals surface area contributed by atoms with E-state index in [2.05, 4.69) is 14.5 Å². The smallest absolute Gasteiger partial charge is 0.176 e. The molecule has 0 radical (unpaired) electrons. The van der Waals surface area contributed by atoms with Gasteiger partial charge in [-0.25, -0.2) is 4.98 Å². The van der Waals surface area contributed by atoms with Crippen LogP contribution in [-0.2, 0) is 13.0 Å². The van der Waals surface area contributed by atoms with Crippen LogP contribution in [-0.4, -0.2) is 19.1 Å². The molecule has 0 aromatic carbocycles. The first kappa shape index (κ1) is 12.4. The van der Waals surface area contributed by atoms with Crippen molar-refractivity contribution < 1.29 is 0 Å². The Hall–Kier alpha value is -1.08. The molecule has 2 heterocycles. The van der Waals surface area contributed by atoms with Gasteiger partial charge in [0.1, 0.15) is 10.9 Å². The lowest BCUT2D eigenvalue weighted by Crippen LogP contribution is -1.98. The maximum Gasteiger partial charge on any atom is 0.176 e. The zero-order valence-electron chi connectivity index (χ0n) is 10.1. The molecule has 0 saturated heterocycles. The van der Waals surface area contributed by atoms with Gasteiger partial charge in [-0.1, -0.05) is 6.92 Å².